The van der Waals surface area contributed by atoms with Gasteiger partial charge in [-0.25, -0.2) is 9.37 Å². The maximum Gasteiger partial charge on any atom is 0.131 e. The number of nitrogens with zero attached hydrogens (tertiary/aromatic N) is 2. The van der Waals surface area contributed by atoms with Gasteiger partial charge < -0.3 is 0 Å². The highest BCUT2D eigenvalue weighted by Crippen LogP contribution is 2.25. The van der Waals surface area contributed by atoms with E-state index in [4.69, 9.17) is 0 Å². The molecule has 3 rings (SSSR count). The van der Waals surface area contributed by atoms with Gasteiger partial charge in [0, 0.05) is 11.8 Å². The van der Waals surface area contributed by atoms with Crippen LogP contribution in [0.3, 0.4) is 0 Å². The third kappa shape index (κ3) is 2.53. The van der Waals surface area contributed by atoms with E-state index in [-0.39, 0.29) is 5.82 Å². The van der Waals surface area contributed by atoms with Gasteiger partial charge in [-0.1, -0.05) is 18.2 Å². The molecular weight excluding hydrogens is 259 g/mol. The molecule has 0 atom stereocenters. The summed E-state index contributed by atoms with van der Waals surface area (Å²) >= 11 is 1.65. The maximum atomic E-state index is 13.4. The average molecular weight is 270 g/mol. The maximum absolute atomic E-state index is 13.4. The lowest BCUT2D eigenvalue weighted by Gasteiger charge is -1.96. The van der Waals surface area contributed by atoms with E-state index in [2.05, 4.69) is 9.98 Å². The lowest BCUT2D eigenvalue weighted by Crippen LogP contribution is -1.85. The van der Waals surface area contributed by atoms with Gasteiger partial charge in [-0.2, -0.15) is 0 Å². The van der Waals surface area contributed by atoms with Gasteiger partial charge >= 0.3 is 0 Å². The highest BCUT2D eigenvalue weighted by atomic mass is 32.1. The van der Waals surface area contributed by atoms with Crippen LogP contribution in [0, 0.1) is 12.7 Å². The van der Waals surface area contributed by atoms with Gasteiger partial charge in [0.25, 0.3) is 0 Å². The summed E-state index contributed by atoms with van der Waals surface area (Å²) in [5.74, 6) is -0.267. The van der Waals surface area contributed by atoms with Crippen molar-refractivity contribution in [3.05, 3.63) is 58.9 Å². The van der Waals surface area contributed by atoms with Gasteiger partial charge in [0.1, 0.15) is 5.82 Å². The molecule has 0 aliphatic rings. The summed E-state index contributed by atoms with van der Waals surface area (Å²) in [7, 11) is 0. The van der Waals surface area contributed by atoms with Crippen LogP contribution in [0.5, 0.6) is 0 Å². The van der Waals surface area contributed by atoms with Crippen molar-refractivity contribution < 1.29 is 4.39 Å². The standard InChI is InChI=1S/C15H11FN2S/c1-10-18-14-8-12(6-7-15(14)19-10)17-9-11-4-2-3-5-13(11)16/h2-9H,1H3. The molecule has 4 heteroatoms. The lowest BCUT2D eigenvalue weighted by atomic mass is 10.2. The summed E-state index contributed by atoms with van der Waals surface area (Å²) in [5, 5.41) is 1.03. The van der Waals surface area contributed by atoms with Crippen molar-refractivity contribution in [3.8, 4) is 0 Å². The Kier molecular flexibility index (Phi) is 3.09. The molecule has 0 fully saturated rings. The first-order chi connectivity index (χ1) is 9.22. The number of hydrogen-bond donors (Lipinski definition) is 0. The molecular formula is C15H11FN2S. The highest BCUT2D eigenvalue weighted by Gasteiger charge is 2.01. The monoisotopic (exact) mass is 270 g/mol. The molecule has 94 valence electrons. The largest absolute Gasteiger partial charge is 0.256 e. The highest BCUT2D eigenvalue weighted by molar-refractivity contribution is 7.18. The Balaban J connectivity index is 1.94. The zero-order valence-electron chi connectivity index (χ0n) is 10.3. The van der Waals surface area contributed by atoms with Crippen LogP contribution in [0.15, 0.2) is 47.5 Å². The van der Waals surface area contributed by atoms with E-state index in [0.29, 0.717) is 5.56 Å². The number of aryl methyl sites for hydroxylation is 1. The lowest BCUT2D eigenvalue weighted by molar-refractivity contribution is 0.626. The first-order valence-corrected chi connectivity index (χ1v) is 6.70. The van der Waals surface area contributed by atoms with Crippen molar-refractivity contribution in [1.82, 2.24) is 4.98 Å². The Morgan fingerprint density at radius 3 is 2.89 bits per heavy atom. The van der Waals surface area contributed by atoms with Crippen LogP contribution in [0.1, 0.15) is 10.6 Å². The van der Waals surface area contributed by atoms with Gasteiger partial charge in [0.15, 0.2) is 0 Å². The SMILES string of the molecule is Cc1nc2cc(N=Cc3ccccc3F)ccc2s1. The molecule has 0 aliphatic heterocycles. The topological polar surface area (TPSA) is 25.2 Å². The molecule has 0 aliphatic carbocycles. The van der Waals surface area contributed by atoms with Crippen LogP contribution in [0.25, 0.3) is 10.2 Å². The van der Waals surface area contributed by atoms with Crippen LogP contribution < -0.4 is 0 Å². The molecule has 0 spiro atoms. The summed E-state index contributed by atoms with van der Waals surface area (Å²) in [4.78, 5) is 8.71. The van der Waals surface area contributed by atoms with Crippen molar-refractivity contribution in [3.63, 3.8) is 0 Å². The third-order valence-electron chi connectivity index (χ3n) is 2.74. The fourth-order valence-electron chi connectivity index (χ4n) is 1.84. The number of thiazole rings is 1. The van der Waals surface area contributed by atoms with Crippen LogP contribution in [0.2, 0.25) is 0 Å². The molecule has 3 aromatic rings. The van der Waals surface area contributed by atoms with E-state index in [1.165, 1.54) is 12.3 Å². The summed E-state index contributed by atoms with van der Waals surface area (Å²) in [6.45, 7) is 1.98. The molecule has 1 heterocycles. The van der Waals surface area contributed by atoms with Crippen molar-refractivity contribution in [1.29, 1.82) is 0 Å². The van der Waals surface area contributed by atoms with E-state index < -0.39 is 0 Å². The Morgan fingerprint density at radius 1 is 1.21 bits per heavy atom. The normalized spacial score (nSPS) is 11.5. The number of hydrogen-bond acceptors (Lipinski definition) is 3. The fraction of sp³-hybridized carbons (Fsp3) is 0.0667. The molecule has 0 amide bonds. The Morgan fingerprint density at radius 2 is 2.05 bits per heavy atom. The van der Waals surface area contributed by atoms with E-state index in [0.717, 1.165) is 20.9 Å². The molecule has 2 aromatic carbocycles. The van der Waals surface area contributed by atoms with Crippen molar-refractivity contribution >= 4 is 33.5 Å². The van der Waals surface area contributed by atoms with Gasteiger partial charge in [-0.15, -0.1) is 11.3 Å². The van der Waals surface area contributed by atoms with Crippen molar-refractivity contribution in [2.75, 3.05) is 0 Å². The van der Waals surface area contributed by atoms with Crippen molar-refractivity contribution in [2.45, 2.75) is 6.92 Å². The number of rotatable bonds is 2. The summed E-state index contributed by atoms with van der Waals surface area (Å²) in [6, 6.07) is 12.4. The second kappa shape index (κ2) is 4.90. The predicted octanol–water partition coefficient (Wildman–Crippen LogP) is 4.49. The Hall–Kier alpha value is -2.07. The predicted molar refractivity (Wildman–Crippen MR) is 78.0 cm³/mol. The second-order valence-corrected chi connectivity index (χ2v) is 5.40. The van der Waals surface area contributed by atoms with E-state index >= 15 is 0 Å². The summed E-state index contributed by atoms with van der Waals surface area (Å²) in [5.41, 5.74) is 2.20. The molecule has 0 unspecified atom stereocenters. The average Bonchev–Trinajstić information content (AvgIpc) is 2.77. The first-order valence-electron chi connectivity index (χ1n) is 5.88. The third-order valence-corrected chi connectivity index (χ3v) is 3.69. The molecule has 0 saturated carbocycles. The number of aromatic nitrogens is 1. The minimum Gasteiger partial charge on any atom is -0.256 e. The number of benzene rings is 2. The van der Waals surface area contributed by atoms with Gasteiger partial charge in [0.2, 0.25) is 0 Å². The molecule has 1 aromatic heterocycles. The second-order valence-electron chi connectivity index (χ2n) is 4.16. The van der Waals surface area contributed by atoms with Gasteiger partial charge in [-0.3, -0.25) is 4.99 Å². The van der Waals surface area contributed by atoms with E-state index in [1.807, 2.05) is 25.1 Å². The zero-order valence-corrected chi connectivity index (χ0v) is 11.1. The van der Waals surface area contributed by atoms with Gasteiger partial charge in [-0.05, 0) is 31.2 Å². The molecule has 0 radical (unpaired) electrons. The summed E-state index contributed by atoms with van der Waals surface area (Å²) < 4.78 is 14.6. The minimum atomic E-state index is -0.267. The van der Waals surface area contributed by atoms with Crippen LogP contribution in [-0.4, -0.2) is 11.2 Å². The molecule has 0 N–H and O–H groups in total. The molecule has 0 bridgehead atoms. The van der Waals surface area contributed by atoms with Crippen LogP contribution in [0.4, 0.5) is 10.1 Å². The van der Waals surface area contributed by atoms with Gasteiger partial charge in [0.05, 0.1) is 20.9 Å². The Bertz CT molecular complexity index is 762. The number of halogens is 1. The van der Waals surface area contributed by atoms with E-state index in [9.17, 15) is 4.39 Å². The van der Waals surface area contributed by atoms with Crippen LogP contribution >= 0.6 is 11.3 Å². The Labute approximate surface area is 114 Å². The summed E-state index contributed by atoms with van der Waals surface area (Å²) in [6.07, 6.45) is 1.54. The first kappa shape index (κ1) is 12.0. The fourth-order valence-corrected chi connectivity index (χ4v) is 2.64. The smallest absolute Gasteiger partial charge is 0.131 e. The van der Waals surface area contributed by atoms with E-state index in [1.54, 1.807) is 29.5 Å². The van der Waals surface area contributed by atoms with Crippen molar-refractivity contribution in [2.24, 2.45) is 4.99 Å². The molecule has 2 nitrogen and oxygen atoms in total. The quantitative estimate of drug-likeness (QED) is 0.630. The number of fused-ring (bicyclic) bond motifs is 1. The zero-order chi connectivity index (χ0) is 13.2. The minimum absolute atomic E-state index is 0.267. The number of aliphatic imine (C=N–C) groups is 1. The van der Waals surface area contributed by atoms with Crippen LogP contribution in [-0.2, 0) is 0 Å². The molecule has 19 heavy (non-hydrogen) atoms. The molecule has 0 saturated heterocycles.